The molecule has 0 spiro atoms. The fourth-order valence-corrected chi connectivity index (χ4v) is 2.80. The normalized spacial score (nSPS) is 17.4. The van der Waals surface area contributed by atoms with Gasteiger partial charge in [0.1, 0.15) is 5.82 Å². The molecule has 0 unspecified atom stereocenters. The molecule has 0 atom stereocenters. The second-order valence-electron chi connectivity index (χ2n) is 5.20. The van der Waals surface area contributed by atoms with E-state index in [4.69, 9.17) is 0 Å². The van der Waals surface area contributed by atoms with Crippen LogP contribution in [0.3, 0.4) is 0 Å². The van der Waals surface area contributed by atoms with Crippen LogP contribution in [0.25, 0.3) is 0 Å². The number of halogens is 1. The molecule has 1 amide bonds. The van der Waals surface area contributed by atoms with Gasteiger partial charge in [0.2, 0.25) is 5.91 Å². The smallest absolute Gasteiger partial charge is 0.221 e. The van der Waals surface area contributed by atoms with Gasteiger partial charge in [-0.25, -0.2) is 4.39 Å². The highest BCUT2D eigenvalue weighted by molar-refractivity contribution is 5.77. The fourth-order valence-electron chi connectivity index (χ4n) is 2.80. The van der Waals surface area contributed by atoms with Gasteiger partial charge in [-0.05, 0) is 37.6 Å². The van der Waals surface area contributed by atoms with E-state index in [1.54, 1.807) is 12.1 Å². The van der Waals surface area contributed by atoms with Gasteiger partial charge in [-0.3, -0.25) is 4.79 Å². The Balaban J connectivity index is 2.13. The predicted octanol–water partition coefficient (Wildman–Crippen LogP) is 2.32. The minimum absolute atomic E-state index is 0.0561. The van der Waals surface area contributed by atoms with Gasteiger partial charge in [-0.15, -0.1) is 0 Å². The Morgan fingerprint density at radius 1 is 1.26 bits per heavy atom. The van der Waals surface area contributed by atoms with E-state index < -0.39 is 0 Å². The molecule has 1 aliphatic carbocycles. The molecule has 0 aliphatic heterocycles. The average molecular weight is 264 g/mol. The molecule has 2 rings (SSSR count). The van der Waals surface area contributed by atoms with Crippen LogP contribution < -0.4 is 10.6 Å². The number of hydrogen-bond donors (Lipinski definition) is 2. The third-order valence-corrected chi connectivity index (χ3v) is 3.83. The van der Waals surface area contributed by atoms with E-state index >= 15 is 0 Å². The maximum Gasteiger partial charge on any atom is 0.221 e. The molecule has 0 aromatic heterocycles. The summed E-state index contributed by atoms with van der Waals surface area (Å²) in [6.45, 7) is 0.672. The highest BCUT2D eigenvalue weighted by Gasteiger charge is 2.36. The van der Waals surface area contributed by atoms with Gasteiger partial charge >= 0.3 is 0 Å². The maximum atomic E-state index is 13.0. The Hall–Kier alpha value is -1.42. The van der Waals surface area contributed by atoms with Crippen molar-refractivity contribution in [3.05, 3.63) is 35.6 Å². The summed E-state index contributed by atoms with van der Waals surface area (Å²) in [4.78, 5) is 12.0. The van der Waals surface area contributed by atoms with Crippen molar-refractivity contribution >= 4 is 5.91 Å². The van der Waals surface area contributed by atoms with Crippen LogP contribution in [0, 0.1) is 5.82 Å². The summed E-state index contributed by atoms with van der Waals surface area (Å²) in [7, 11) is 1.83. The van der Waals surface area contributed by atoms with Crippen molar-refractivity contribution in [3.8, 4) is 0 Å². The molecule has 4 heteroatoms. The SMILES string of the molecule is CNCCC(=O)NC1(c2ccc(F)cc2)CCCC1. The minimum atomic E-state index is -0.293. The molecule has 0 heterocycles. The predicted molar refractivity (Wildman–Crippen MR) is 73.2 cm³/mol. The van der Waals surface area contributed by atoms with Crippen LogP contribution in [0.15, 0.2) is 24.3 Å². The second kappa shape index (κ2) is 6.15. The van der Waals surface area contributed by atoms with E-state index in [2.05, 4.69) is 10.6 Å². The third kappa shape index (κ3) is 3.32. The third-order valence-electron chi connectivity index (χ3n) is 3.83. The van der Waals surface area contributed by atoms with E-state index in [1.165, 1.54) is 12.1 Å². The standard InChI is InChI=1S/C15H21FN2O/c1-17-11-8-14(19)18-15(9-2-3-10-15)12-4-6-13(16)7-5-12/h4-7,17H,2-3,8-11H2,1H3,(H,18,19). The number of carbonyl (C=O) groups excluding carboxylic acids is 1. The van der Waals surface area contributed by atoms with E-state index in [9.17, 15) is 9.18 Å². The van der Waals surface area contributed by atoms with Gasteiger partial charge in [-0.1, -0.05) is 25.0 Å². The van der Waals surface area contributed by atoms with Crippen LogP contribution in [0.4, 0.5) is 4.39 Å². The zero-order valence-electron chi connectivity index (χ0n) is 11.3. The van der Waals surface area contributed by atoms with Gasteiger partial charge in [0.25, 0.3) is 0 Å². The van der Waals surface area contributed by atoms with Gasteiger partial charge in [0, 0.05) is 13.0 Å². The van der Waals surface area contributed by atoms with Gasteiger partial charge in [0.05, 0.1) is 5.54 Å². The zero-order valence-corrected chi connectivity index (χ0v) is 11.3. The molecule has 0 bridgehead atoms. The summed E-state index contributed by atoms with van der Waals surface area (Å²) in [5.74, 6) is -0.181. The highest BCUT2D eigenvalue weighted by Crippen LogP contribution is 2.38. The number of benzene rings is 1. The molecule has 19 heavy (non-hydrogen) atoms. The Bertz CT molecular complexity index is 424. The Morgan fingerprint density at radius 2 is 1.89 bits per heavy atom. The molecule has 104 valence electrons. The molecule has 1 saturated carbocycles. The van der Waals surface area contributed by atoms with E-state index in [-0.39, 0.29) is 17.3 Å². The van der Waals surface area contributed by atoms with Gasteiger partial charge < -0.3 is 10.6 Å². The van der Waals surface area contributed by atoms with E-state index in [0.29, 0.717) is 13.0 Å². The summed E-state index contributed by atoms with van der Waals surface area (Å²) in [5.41, 5.74) is 0.725. The van der Waals surface area contributed by atoms with Crippen LogP contribution in [0.5, 0.6) is 0 Å². The molecule has 2 N–H and O–H groups in total. The van der Waals surface area contributed by atoms with E-state index in [0.717, 1.165) is 31.2 Å². The Labute approximate surface area is 113 Å². The molecular weight excluding hydrogens is 243 g/mol. The lowest BCUT2D eigenvalue weighted by Gasteiger charge is -2.31. The molecule has 1 aromatic carbocycles. The fraction of sp³-hybridized carbons (Fsp3) is 0.533. The second-order valence-corrected chi connectivity index (χ2v) is 5.20. The molecule has 0 radical (unpaired) electrons. The lowest BCUT2D eigenvalue weighted by molar-refractivity contribution is -0.123. The first-order chi connectivity index (χ1) is 9.16. The van der Waals surface area contributed by atoms with Crippen molar-refractivity contribution in [1.29, 1.82) is 0 Å². The van der Waals surface area contributed by atoms with Crippen molar-refractivity contribution in [2.24, 2.45) is 0 Å². The van der Waals surface area contributed by atoms with Crippen LogP contribution in [-0.4, -0.2) is 19.5 Å². The summed E-state index contributed by atoms with van der Waals surface area (Å²) in [6, 6.07) is 6.52. The number of carbonyl (C=O) groups is 1. The first-order valence-electron chi connectivity index (χ1n) is 6.88. The van der Waals surface area contributed by atoms with Crippen LogP contribution in [-0.2, 0) is 10.3 Å². The highest BCUT2D eigenvalue weighted by atomic mass is 19.1. The first kappa shape index (κ1) is 14.0. The lowest BCUT2D eigenvalue weighted by atomic mass is 9.88. The molecule has 1 aromatic rings. The Morgan fingerprint density at radius 3 is 2.47 bits per heavy atom. The molecular formula is C15H21FN2O. The molecule has 3 nitrogen and oxygen atoms in total. The number of nitrogens with one attached hydrogen (secondary N) is 2. The van der Waals surface area contributed by atoms with Crippen LogP contribution in [0.2, 0.25) is 0 Å². The molecule has 1 fully saturated rings. The largest absolute Gasteiger partial charge is 0.347 e. The summed E-state index contributed by atoms with van der Waals surface area (Å²) < 4.78 is 13.0. The first-order valence-corrected chi connectivity index (χ1v) is 6.88. The van der Waals surface area contributed by atoms with Gasteiger partial charge in [0.15, 0.2) is 0 Å². The van der Waals surface area contributed by atoms with Crippen molar-refractivity contribution in [2.45, 2.75) is 37.6 Å². The van der Waals surface area contributed by atoms with E-state index in [1.807, 2.05) is 7.05 Å². The molecule has 1 aliphatic rings. The van der Waals surface area contributed by atoms with Crippen molar-refractivity contribution in [3.63, 3.8) is 0 Å². The minimum Gasteiger partial charge on any atom is -0.347 e. The van der Waals surface area contributed by atoms with Crippen molar-refractivity contribution in [1.82, 2.24) is 10.6 Å². The summed E-state index contributed by atoms with van der Waals surface area (Å²) in [6.07, 6.45) is 4.54. The van der Waals surface area contributed by atoms with Crippen molar-refractivity contribution < 1.29 is 9.18 Å². The van der Waals surface area contributed by atoms with Crippen molar-refractivity contribution in [2.75, 3.05) is 13.6 Å². The van der Waals surface area contributed by atoms with Gasteiger partial charge in [-0.2, -0.15) is 0 Å². The summed E-state index contributed by atoms with van der Waals surface area (Å²) in [5, 5.41) is 6.13. The number of hydrogen-bond acceptors (Lipinski definition) is 2. The maximum absolute atomic E-state index is 13.0. The van der Waals surface area contributed by atoms with Crippen LogP contribution >= 0.6 is 0 Å². The lowest BCUT2D eigenvalue weighted by Crippen LogP contribution is -2.44. The Kier molecular flexibility index (Phi) is 4.53. The monoisotopic (exact) mass is 264 g/mol. The topological polar surface area (TPSA) is 41.1 Å². The zero-order chi connectivity index (χ0) is 13.7. The summed E-state index contributed by atoms with van der Waals surface area (Å²) >= 11 is 0. The van der Waals surface area contributed by atoms with Crippen LogP contribution in [0.1, 0.15) is 37.7 Å². The number of rotatable bonds is 5. The average Bonchev–Trinajstić information content (AvgIpc) is 2.86. The molecule has 0 saturated heterocycles. The quantitative estimate of drug-likeness (QED) is 0.857. The number of amides is 1.